The molecule has 0 radical (unpaired) electrons. The van der Waals surface area contributed by atoms with Crippen LogP contribution in [0.4, 0.5) is 26.3 Å². The molecular formula is C13H6F6O. The third-order valence-corrected chi connectivity index (χ3v) is 2.65. The number of hydrogen-bond acceptors (Lipinski definition) is 1. The molecule has 20 heavy (non-hydrogen) atoms. The van der Waals surface area contributed by atoms with Gasteiger partial charge >= 0.3 is 0 Å². The topological polar surface area (TPSA) is 9.23 Å². The van der Waals surface area contributed by atoms with Gasteiger partial charge in [0.15, 0.2) is 34.8 Å². The molecule has 0 spiro atoms. The maximum Gasteiger partial charge on any atom is 0.200 e. The summed E-state index contributed by atoms with van der Waals surface area (Å²) in [5.41, 5.74) is -1.68. The lowest BCUT2D eigenvalue weighted by Gasteiger charge is -2.09. The van der Waals surface area contributed by atoms with Crippen molar-refractivity contribution in [2.24, 2.45) is 0 Å². The molecule has 2 rings (SSSR count). The van der Waals surface area contributed by atoms with Gasteiger partial charge in [-0.2, -0.15) is 0 Å². The fraction of sp³-hybridized carbons (Fsp3) is 0.0769. The molecule has 0 aromatic heterocycles. The van der Waals surface area contributed by atoms with Crippen LogP contribution in [0, 0.1) is 34.9 Å². The SMILES string of the molecule is COc1ccc(-c2c(F)c(F)c(F)c(F)c2F)cc1F. The molecule has 0 bridgehead atoms. The van der Waals surface area contributed by atoms with E-state index in [-0.39, 0.29) is 5.75 Å². The molecule has 0 saturated carbocycles. The van der Waals surface area contributed by atoms with Crippen molar-refractivity contribution in [1.29, 1.82) is 0 Å². The van der Waals surface area contributed by atoms with E-state index in [1.165, 1.54) is 0 Å². The van der Waals surface area contributed by atoms with E-state index < -0.39 is 46.0 Å². The molecule has 106 valence electrons. The standard InChI is InChI=1S/C13H6F6O/c1-20-7-3-2-5(4-6(7)14)8-9(15)11(17)13(19)12(18)10(8)16/h2-4H,1H3. The van der Waals surface area contributed by atoms with E-state index in [4.69, 9.17) is 0 Å². The molecule has 0 heterocycles. The summed E-state index contributed by atoms with van der Waals surface area (Å²) in [6, 6.07) is 2.63. The Hall–Kier alpha value is -2.18. The molecule has 0 unspecified atom stereocenters. The van der Waals surface area contributed by atoms with Gasteiger partial charge in [-0.15, -0.1) is 0 Å². The van der Waals surface area contributed by atoms with Crippen LogP contribution in [0.3, 0.4) is 0 Å². The lowest BCUT2D eigenvalue weighted by molar-refractivity contribution is 0.380. The molecule has 0 N–H and O–H groups in total. The molecule has 2 aromatic rings. The van der Waals surface area contributed by atoms with E-state index in [2.05, 4.69) is 4.74 Å². The second-order valence-corrected chi connectivity index (χ2v) is 3.79. The zero-order chi connectivity index (χ0) is 15.0. The van der Waals surface area contributed by atoms with Gasteiger partial charge in [0.2, 0.25) is 5.82 Å². The summed E-state index contributed by atoms with van der Waals surface area (Å²) < 4.78 is 84.1. The van der Waals surface area contributed by atoms with Crippen LogP contribution < -0.4 is 4.74 Å². The number of rotatable bonds is 2. The molecule has 1 nitrogen and oxygen atoms in total. The highest BCUT2D eigenvalue weighted by Gasteiger charge is 2.26. The van der Waals surface area contributed by atoms with Gasteiger partial charge < -0.3 is 4.74 Å². The molecule has 0 aliphatic rings. The van der Waals surface area contributed by atoms with Crippen LogP contribution in [0.1, 0.15) is 0 Å². The fourth-order valence-corrected chi connectivity index (χ4v) is 1.68. The Morgan fingerprint density at radius 3 is 1.70 bits per heavy atom. The maximum atomic E-state index is 13.5. The summed E-state index contributed by atoms with van der Waals surface area (Å²) in [5.74, 6) is -11.7. The van der Waals surface area contributed by atoms with Gasteiger partial charge in [0, 0.05) is 0 Å². The highest BCUT2D eigenvalue weighted by molar-refractivity contribution is 5.66. The van der Waals surface area contributed by atoms with Crippen LogP contribution in [-0.2, 0) is 0 Å². The van der Waals surface area contributed by atoms with Crippen molar-refractivity contribution in [2.75, 3.05) is 7.11 Å². The fourth-order valence-electron chi connectivity index (χ4n) is 1.68. The third-order valence-electron chi connectivity index (χ3n) is 2.65. The third kappa shape index (κ3) is 2.09. The Labute approximate surface area is 109 Å². The first-order chi connectivity index (χ1) is 9.38. The summed E-state index contributed by atoms with van der Waals surface area (Å²) in [5, 5.41) is 0. The monoisotopic (exact) mass is 292 g/mol. The van der Waals surface area contributed by atoms with Crippen molar-refractivity contribution in [2.45, 2.75) is 0 Å². The molecule has 2 aromatic carbocycles. The Balaban J connectivity index is 2.73. The van der Waals surface area contributed by atoms with Gasteiger partial charge in [0.05, 0.1) is 12.7 Å². The van der Waals surface area contributed by atoms with E-state index in [0.717, 1.165) is 19.2 Å². The maximum absolute atomic E-state index is 13.5. The van der Waals surface area contributed by atoms with Crippen molar-refractivity contribution in [1.82, 2.24) is 0 Å². The molecule has 0 amide bonds. The van der Waals surface area contributed by atoms with Gasteiger partial charge in [0.25, 0.3) is 0 Å². The number of halogens is 6. The van der Waals surface area contributed by atoms with E-state index in [0.29, 0.717) is 6.07 Å². The first kappa shape index (κ1) is 14.2. The summed E-state index contributed by atoms with van der Waals surface area (Å²) in [4.78, 5) is 0. The molecule has 0 saturated heterocycles. The van der Waals surface area contributed by atoms with E-state index >= 15 is 0 Å². The molecule has 0 fully saturated rings. The minimum atomic E-state index is -2.27. The summed E-state index contributed by atoms with van der Waals surface area (Å²) >= 11 is 0. The molecular weight excluding hydrogens is 286 g/mol. The minimum Gasteiger partial charge on any atom is -0.494 e. The Bertz CT molecular complexity index is 654. The summed E-state index contributed by atoms with van der Waals surface area (Å²) in [7, 11) is 1.16. The van der Waals surface area contributed by atoms with Gasteiger partial charge in [0.1, 0.15) is 0 Å². The van der Waals surface area contributed by atoms with Gasteiger partial charge in [-0.1, -0.05) is 6.07 Å². The number of benzene rings is 2. The van der Waals surface area contributed by atoms with Crippen LogP contribution in [0.25, 0.3) is 11.1 Å². The van der Waals surface area contributed by atoms with Crippen LogP contribution in [0.2, 0.25) is 0 Å². The average Bonchev–Trinajstić information content (AvgIpc) is 2.43. The van der Waals surface area contributed by atoms with E-state index in [9.17, 15) is 26.3 Å². The smallest absolute Gasteiger partial charge is 0.200 e. The minimum absolute atomic E-state index is 0.224. The second kappa shape index (κ2) is 5.07. The summed E-state index contributed by atoms with van der Waals surface area (Å²) in [6.07, 6.45) is 0. The quantitative estimate of drug-likeness (QED) is 0.458. The predicted molar refractivity (Wildman–Crippen MR) is 58.2 cm³/mol. The first-order valence-corrected chi connectivity index (χ1v) is 5.23. The average molecular weight is 292 g/mol. The van der Waals surface area contributed by atoms with Crippen molar-refractivity contribution in [3.63, 3.8) is 0 Å². The number of methoxy groups -OCH3 is 1. The Morgan fingerprint density at radius 2 is 1.25 bits per heavy atom. The van der Waals surface area contributed by atoms with Gasteiger partial charge in [-0.25, -0.2) is 26.3 Å². The number of ether oxygens (including phenoxy) is 1. The Morgan fingerprint density at radius 1 is 0.750 bits per heavy atom. The lowest BCUT2D eigenvalue weighted by Crippen LogP contribution is -2.04. The molecule has 0 atom stereocenters. The van der Waals surface area contributed by atoms with Gasteiger partial charge in [-0.05, 0) is 17.7 Å². The second-order valence-electron chi connectivity index (χ2n) is 3.79. The summed E-state index contributed by atoms with van der Waals surface area (Å²) in [6.45, 7) is 0. The first-order valence-electron chi connectivity index (χ1n) is 5.23. The van der Waals surface area contributed by atoms with Crippen molar-refractivity contribution in [3.8, 4) is 16.9 Å². The zero-order valence-electron chi connectivity index (χ0n) is 9.91. The zero-order valence-corrected chi connectivity index (χ0v) is 9.91. The highest BCUT2D eigenvalue weighted by Crippen LogP contribution is 2.33. The lowest BCUT2D eigenvalue weighted by atomic mass is 10.0. The van der Waals surface area contributed by atoms with E-state index in [1.807, 2.05) is 0 Å². The van der Waals surface area contributed by atoms with E-state index in [1.54, 1.807) is 0 Å². The van der Waals surface area contributed by atoms with Gasteiger partial charge in [-0.3, -0.25) is 0 Å². The van der Waals surface area contributed by atoms with Crippen molar-refractivity contribution in [3.05, 3.63) is 53.1 Å². The predicted octanol–water partition coefficient (Wildman–Crippen LogP) is 4.20. The van der Waals surface area contributed by atoms with Crippen LogP contribution in [0.15, 0.2) is 18.2 Å². The van der Waals surface area contributed by atoms with Crippen molar-refractivity contribution >= 4 is 0 Å². The van der Waals surface area contributed by atoms with Crippen LogP contribution in [-0.4, -0.2) is 7.11 Å². The molecule has 7 heteroatoms. The molecule has 0 aliphatic carbocycles. The van der Waals surface area contributed by atoms with Crippen LogP contribution >= 0.6 is 0 Å². The largest absolute Gasteiger partial charge is 0.494 e. The number of hydrogen-bond donors (Lipinski definition) is 0. The van der Waals surface area contributed by atoms with Crippen molar-refractivity contribution < 1.29 is 31.1 Å². The highest BCUT2D eigenvalue weighted by atomic mass is 19.2. The Kier molecular flexibility index (Phi) is 3.61. The normalized spacial score (nSPS) is 10.8. The molecule has 0 aliphatic heterocycles. The van der Waals surface area contributed by atoms with Crippen LogP contribution in [0.5, 0.6) is 5.75 Å².